The Kier molecular flexibility index (Phi) is 140. The molecule has 0 bridgehead atoms. The third-order valence-corrected chi connectivity index (χ3v) is 2.11. The number of hydrogen-bond acceptors (Lipinski definition) is 37. The molecule has 0 aromatic carbocycles. The number of hydrogen-bond donors (Lipinski definition) is 37. The summed E-state index contributed by atoms with van der Waals surface area (Å²) >= 11 is 0. The molecule has 0 amide bonds. The zero-order valence-corrected chi connectivity index (χ0v) is 29.6. The maximum Gasteiger partial charge on any atom is 0.631 e. The van der Waals surface area contributed by atoms with Crippen LogP contribution in [-0.4, -0.2) is 274 Å². The van der Waals surface area contributed by atoms with Gasteiger partial charge in [0.2, 0.25) is 0 Å². The fraction of sp³-hybridized carbons (Fsp3) is 1.00. The average molecular weight is 877 g/mol. The monoisotopic (exact) mass is 879 g/mol. The Morgan fingerprint density at radius 2 is 0.263 bits per heavy atom. The van der Waals surface area contributed by atoms with Crippen LogP contribution in [-0.2, 0) is 0 Å². The van der Waals surface area contributed by atoms with Crippen molar-refractivity contribution < 1.29 is 186 Å². The van der Waals surface area contributed by atoms with E-state index in [-0.39, 0.29) is 10.2 Å². The number of halogens is 1. The van der Waals surface area contributed by atoms with Gasteiger partial charge < -0.3 is 187 Å². The maximum atomic E-state index is 7.17. The molecule has 0 heterocycles. The third kappa shape index (κ3) is 2310. The van der Waals surface area contributed by atoms with Gasteiger partial charge in [0.25, 0.3) is 0 Å². The summed E-state index contributed by atoms with van der Waals surface area (Å²) in [6.45, 7) is 6.44. The van der Waals surface area contributed by atoms with Crippen LogP contribution in [0.1, 0.15) is 40.0 Å². The van der Waals surface area contributed by atoms with E-state index in [4.69, 9.17) is 187 Å². The van der Waals surface area contributed by atoms with Gasteiger partial charge in [-0.2, -0.15) is 0 Å². The lowest BCUT2D eigenvalue weighted by Crippen LogP contribution is -2.37. The highest BCUT2D eigenvalue weighted by atomic mass is 19.0. The minimum Gasteiger partial charge on any atom is -0.402 e. The third-order valence-electron chi connectivity index (χ3n) is 2.11. The predicted molar refractivity (Wildman–Crippen MR) is 189 cm³/mol. The van der Waals surface area contributed by atoms with Gasteiger partial charge in [0.15, 0.2) is 0 Å². The Balaban J connectivity index is -0.0000000295. The van der Waals surface area contributed by atoms with Crippen molar-refractivity contribution >= 4 is 87.9 Å². The van der Waals surface area contributed by atoms with E-state index >= 15 is 0 Å². The van der Waals surface area contributed by atoms with Crippen molar-refractivity contribution in [2.75, 3.05) is 0 Å². The first-order valence-electron chi connectivity index (χ1n) is 12.8. The summed E-state index contributed by atoms with van der Waals surface area (Å²) in [6, 6.07) is 0. The van der Waals surface area contributed by atoms with Crippen LogP contribution in [0.4, 0.5) is 4.70 Å². The van der Waals surface area contributed by atoms with Gasteiger partial charge >= 0.3 is 87.9 Å². The van der Waals surface area contributed by atoms with Gasteiger partial charge in [-0.15, -0.1) is 0 Å². The molecular formula is C7H54B12FNO36. The Morgan fingerprint density at radius 3 is 0.263 bits per heavy atom. The van der Waals surface area contributed by atoms with Crippen molar-refractivity contribution in [3.8, 4) is 0 Å². The van der Waals surface area contributed by atoms with Gasteiger partial charge in [-0.25, -0.2) is 0 Å². The van der Waals surface area contributed by atoms with Crippen LogP contribution in [0.2, 0.25) is 0 Å². The van der Waals surface area contributed by atoms with E-state index in [1.165, 1.54) is 0 Å². The molecule has 0 aromatic heterocycles. The molecule has 0 rings (SSSR count). The zero-order valence-electron chi connectivity index (χ0n) is 29.6. The first kappa shape index (κ1) is 96.2. The van der Waals surface area contributed by atoms with Crippen molar-refractivity contribution in [3.05, 3.63) is 0 Å². The smallest absolute Gasteiger partial charge is 0.402 e. The second kappa shape index (κ2) is 83.0. The van der Waals surface area contributed by atoms with Crippen LogP contribution >= 0.6 is 0 Å². The highest BCUT2D eigenvalue weighted by Gasteiger charge is 2.15. The SMILES string of the molecule is CCC(N)(CC)CC.F.OB(O)O.OB(O)O.OB(O)O.OB(O)O.OB(O)O.OB(O)O.OB(O)O.OB(O)O.OB(O)O.OB(O)O.OB(O)O.OB(O)O. The molecule has 0 aliphatic rings. The summed E-state index contributed by atoms with van der Waals surface area (Å²) in [5.74, 6) is 0. The van der Waals surface area contributed by atoms with Crippen molar-refractivity contribution in [2.45, 2.75) is 45.6 Å². The Morgan fingerprint density at radius 1 is 0.228 bits per heavy atom. The van der Waals surface area contributed by atoms with Gasteiger partial charge in [-0.3, -0.25) is 4.70 Å². The summed E-state index contributed by atoms with van der Waals surface area (Å²) in [7, 11) is -26.0. The minimum absolute atomic E-state index is 0. The van der Waals surface area contributed by atoms with Gasteiger partial charge in [0.05, 0.1) is 0 Å². The number of rotatable bonds is 3. The summed E-state index contributed by atoms with van der Waals surface area (Å²) in [5, 5.41) is 258. The average Bonchev–Trinajstić information content (AvgIpc) is 2.84. The zero-order chi connectivity index (χ0) is 49.5. The molecule has 0 aromatic rings. The lowest BCUT2D eigenvalue weighted by Gasteiger charge is -2.23. The molecule has 0 aliphatic heterocycles. The highest BCUT2D eigenvalue weighted by Crippen LogP contribution is 2.14. The number of nitrogens with two attached hydrogens (primary N) is 1. The van der Waals surface area contributed by atoms with Crippen molar-refractivity contribution in [3.63, 3.8) is 0 Å². The van der Waals surface area contributed by atoms with Crippen LogP contribution in [0.3, 0.4) is 0 Å². The molecular weight excluding hydrogens is 823 g/mol. The minimum atomic E-state index is -2.17. The Hall–Kier alpha value is -0.771. The fourth-order valence-corrected chi connectivity index (χ4v) is 0.750. The molecule has 346 valence electrons. The van der Waals surface area contributed by atoms with E-state index < -0.39 is 87.9 Å². The first-order valence-corrected chi connectivity index (χ1v) is 12.8. The largest absolute Gasteiger partial charge is 0.631 e. The Labute approximate surface area is 325 Å². The summed E-state index contributed by atoms with van der Waals surface area (Å²) in [5.41, 5.74) is 6.02. The normalized spacial score (nSPS) is 7.37. The van der Waals surface area contributed by atoms with E-state index in [1.54, 1.807) is 0 Å². The predicted octanol–water partition coefficient (Wildman–Crippen LogP) is -22.6. The highest BCUT2D eigenvalue weighted by molar-refractivity contribution is 6.33. The molecule has 0 saturated carbocycles. The van der Waals surface area contributed by atoms with Crippen LogP contribution < -0.4 is 5.73 Å². The summed E-state index contributed by atoms with van der Waals surface area (Å²) < 4.78 is 0. The van der Waals surface area contributed by atoms with Crippen LogP contribution in [0.15, 0.2) is 0 Å². The summed E-state index contributed by atoms with van der Waals surface area (Å²) in [4.78, 5) is 0. The second-order valence-electron chi connectivity index (χ2n) is 6.58. The van der Waals surface area contributed by atoms with Crippen LogP contribution in [0, 0.1) is 0 Å². The molecule has 37 nitrogen and oxygen atoms in total. The molecule has 0 aliphatic carbocycles. The van der Waals surface area contributed by atoms with Crippen LogP contribution in [0.5, 0.6) is 0 Å². The standard InChI is InChI=1S/C7H17N.12BH3O3.FH/c1-4-7(8,5-2)6-3;12*2-1(3)4;/h4-6,8H2,1-3H3;12*2-4H;1H. The van der Waals surface area contributed by atoms with E-state index in [0.717, 1.165) is 19.3 Å². The molecule has 0 atom stereocenters. The molecule has 50 heteroatoms. The fourth-order valence-electron chi connectivity index (χ4n) is 0.750. The molecule has 0 spiro atoms. The van der Waals surface area contributed by atoms with E-state index in [9.17, 15) is 0 Å². The second-order valence-corrected chi connectivity index (χ2v) is 6.58. The van der Waals surface area contributed by atoms with E-state index in [2.05, 4.69) is 20.8 Å². The lowest BCUT2D eigenvalue weighted by molar-refractivity contribution is 0.276. The van der Waals surface area contributed by atoms with E-state index in [1.807, 2.05) is 0 Å². The molecule has 0 unspecified atom stereocenters. The van der Waals surface area contributed by atoms with Crippen LogP contribution in [0.25, 0.3) is 0 Å². The molecule has 0 radical (unpaired) electrons. The van der Waals surface area contributed by atoms with Crippen molar-refractivity contribution in [1.29, 1.82) is 0 Å². The molecule has 57 heavy (non-hydrogen) atoms. The quantitative estimate of drug-likeness (QED) is 0.117. The lowest BCUT2D eigenvalue weighted by atomic mass is 9.92. The van der Waals surface area contributed by atoms with E-state index in [0.29, 0.717) is 0 Å². The molecule has 0 fully saturated rings. The first-order chi connectivity index (χ1) is 24.5. The van der Waals surface area contributed by atoms with Gasteiger partial charge in [0, 0.05) is 5.54 Å². The molecule has 0 saturated heterocycles. The van der Waals surface area contributed by atoms with Gasteiger partial charge in [0.1, 0.15) is 0 Å². The summed E-state index contributed by atoms with van der Waals surface area (Å²) in [6.07, 6.45) is 3.29. The van der Waals surface area contributed by atoms with Crippen molar-refractivity contribution in [2.24, 2.45) is 5.73 Å². The van der Waals surface area contributed by atoms with Gasteiger partial charge in [-0.05, 0) is 19.3 Å². The van der Waals surface area contributed by atoms with Gasteiger partial charge in [-0.1, -0.05) is 20.8 Å². The Bertz CT molecular complexity index is 378. The van der Waals surface area contributed by atoms with Crippen molar-refractivity contribution in [1.82, 2.24) is 0 Å². The molecule has 38 N–H and O–H groups in total. The maximum absolute atomic E-state index is 7.17. The topological polar surface area (TPSA) is 754 Å².